The van der Waals surface area contributed by atoms with Gasteiger partial charge in [-0.1, -0.05) is 20.8 Å². The van der Waals surface area contributed by atoms with Crippen molar-refractivity contribution in [2.75, 3.05) is 0 Å². The first-order valence-electron chi connectivity index (χ1n) is 5.67. The minimum absolute atomic E-state index is 0.0541. The highest BCUT2D eigenvalue weighted by Gasteiger charge is 2.22. The third-order valence-electron chi connectivity index (χ3n) is 2.68. The van der Waals surface area contributed by atoms with E-state index in [1.165, 1.54) is 6.42 Å². The van der Waals surface area contributed by atoms with Crippen LogP contribution in [0.5, 0.6) is 5.88 Å². The molecule has 16 heavy (non-hydrogen) atoms. The van der Waals surface area contributed by atoms with Crippen LogP contribution in [0.15, 0.2) is 10.7 Å². The van der Waals surface area contributed by atoms with Gasteiger partial charge in [0, 0.05) is 11.5 Å². The Kier molecular flexibility index (Phi) is 3.19. The zero-order valence-corrected chi connectivity index (χ0v) is 11.5. The molecule has 0 unspecified atom stereocenters. The first-order chi connectivity index (χ1) is 7.45. The maximum atomic E-state index is 5.79. The Morgan fingerprint density at radius 2 is 2.00 bits per heavy atom. The monoisotopic (exact) mass is 284 g/mol. The van der Waals surface area contributed by atoms with Gasteiger partial charge >= 0.3 is 0 Å². The summed E-state index contributed by atoms with van der Waals surface area (Å²) in [4.78, 5) is 8.85. The summed E-state index contributed by atoms with van der Waals surface area (Å²) < 4.78 is 6.58. The number of aromatic nitrogens is 2. The van der Waals surface area contributed by atoms with E-state index in [0.717, 1.165) is 23.3 Å². The summed E-state index contributed by atoms with van der Waals surface area (Å²) in [6, 6.07) is 1.84. The largest absolute Gasteiger partial charge is 0.474 e. The summed E-state index contributed by atoms with van der Waals surface area (Å²) >= 11 is 3.40. The van der Waals surface area contributed by atoms with E-state index in [-0.39, 0.29) is 5.41 Å². The summed E-state index contributed by atoms with van der Waals surface area (Å²) in [5, 5.41) is 0. The van der Waals surface area contributed by atoms with E-state index in [2.05, 4.69) is 46.7 Å². The molecule has 0 bridgehead atoms. The molecule has 1 saturated carbocycles. The second kappa shape index (κ2) is 4.32. The maximum Gasteiger partial charge on any atom is 0.218 e. The van der Waals surface area contributed by atoms with Gasteiger partial charge in [-0.25, -0.2) is 4.98 Å². The van der Waals surface area contributed by atoms with Gasteiger partial charge < -0.3 is 4.74 Å². The van der Waals surface area contributed by atoms with E-state index < -0.39 is 0 Å². The van der Waals surface area contributed by atoms with Gasteiger partial charge in [0.25, 0.3) is 0 Å². The molecule has 1 aromatic heterocycles. The second-order valence-corrected chi connectivity index (χ2v) is 6.09. The fourth-order valence-electron chi connectivity index (χ4n) is 1.45. The zero-order valence-electron chi connectivity index (χ0n) is 9.96. The maximum absolute atomic E-state index is 5.79. The molecule has 0 aromatic carbocycles. The van der Waals surface area contributed by atoms with Gasteiger partial charge in [-0.05, 0) is 35.2 Å². The molecule has 1 heterocycles. The highest BCUT2D eigenvalue weighted by molar-refractivity contribution is 9.10. The van der Waals surface area contributed by atoms with Gasteiger partial charge in [0.2, 0.25) is 5.88 Å². The highest BCUT2D eigenvalue weighted by Crippen LogP contribution is 2.27. The van der Waals surface area contributed by atoms with Gasteiger partial charge in [-0.2, -0.15) is 4.98 Å². The van der Waals surface area contributed by atoms with Crippen LogP contribution in [-0.4, -0.2) is 16.1 Å². The molecule has 1 aliphatic rings. The van der Waals surface area contributed by atoms with Crippen molar-refractivity contribution < 1.29 is 4.74 Å². The van der Waals surface area contributed by atoms with Crippen molar-refractivity contribution in [1.82, 2.24) is 9.97 Å². The molecule has 3 nitrogen and oxygen atoms in total. The van der Waals surface area contributed by atoms with Crippen LogP contribution >= 0.6 is 15.9 Å². The summed E-state index contributed by atoms with van der Waals surface area (Å²) in [7, 11) is 0. The predicted octanol–water partition coefficient (Wildman–Crippen LogP) is 3.47. The van der Waals surface area contributed by atoms with E-state index in [1.54, 1.807) is 0 Å². The van der Waals surface area contributed by atoms with Crippen molar-refractivity contribution in [3.63, 3.8) is 0 Å². The van der Waals surface area contributed by atoms with Crippen LogP contribution in [0, 0.1) is 0 Å². The van der Waals surface area contributed by atoms with Gasteiger partial charge in [0.1, 0.15) is 16.5 Å². The molecule has 0 atom stereocenters. The van der Waals surface area contributed by atoms with Crippen molar-refractivity contribution >= 4 is 15.9 Å². The third-order valence-corrected chi connectivity index (χ3v) is 3.09. The van der Waals surface area contributed by atoms with Crippen LogP contribution in [0.1, 0.15) is 45.9 Å². The molecule has 1 aromatic rings. The Morgan fingerprint density at radius 1 is 1.31 bits per heavy atom. The van der Waals surface area contributed by atoms with E-state index in [9.17, 15) is 0 Å². The highest BCUT2D eigenvalue weighted by atomic mass is 79.9. The smallest absolute Gasteiger partial charge is 0.218 e. The molecule has 1 fully saturated rings. The molecule has 4 heteroatoms. The summed E-state index contributed by atoms with van der Waals surface area (Å²) in [5.41, 5.74) is -0.0541. The number of nitrogens with zero attached hydrogens (tertiary/aromatic N) is 2. The van der Waals surface area contributed by atoms with Gasteiger partial charge in [-0.3, -0.25) is 0 Å². The number of rotatable bonds is 2. The quantitative estimate of drug-likeness (QED) is 0.780. The molecule has 0 saturated heterocycles. The van der Waals surface area contributed by atoms with Crippen LogP contribution in [0.4, 0.5) is 0 Å². The molecule has 0 radical (unpaired) electrons. The fraction of sp³-hybridized carbons (Fsp3) is 0.667. The second-order valence-electron chi connectivity index (χ2n) is 5.27. The Morgan fingerprint density at radius 3 is 2.50 bits per heavy atom. The number of hydrogen-bond acceptors (Lipinski definition) is 3. The van der Waals surface area contributed by atoms with Crippen molar-refractivity contribution in [3.05, 3.63) is 16.5 Å². The molecule has 2 rings (SSSR count). The summed E-state index contributed by atoms with van der Waals surface area (Å²) in [6.07, 6.45) is 3.91. The zero-order chi connectivity index (χ0) is 11.8. The van der Waals surface area contributed by atoms with Crippen LogP contribution in [-0.2, 0) is 5.41 Å². The summed E-state index contributed by atoms with van der Waals surface area (Å²) in [6.45, 7) is 6.30. The molecule has 0 spiro atoms. The minimum Gasteiger partial charge on any atom is -0.474 e. The molecular weight excluding hydrogens is 268 g/mol. The standard InChI is InChI=1S/C12H17BrN2O/c1-12(2,3)11-14-9(13)7-10(15-11)16-8-5-4-6-8/h7-8H,4-6H2,1-3H3. The number of halogens is 1. The van der Waals surface area contributed by atoms with E-state index in [4.69, 9.17) is 4.74 Å². The summed E-state index contributed by atoms with van der Waals surface area (Å²) in [5.74, 6) is 1.51. The lowest BCUT2D eigenvalue weighted by molar-refractivity contribution is 0.113. The topological polar surface area (TPSA) is 35.0 Å². The first kappa shape index (κ1) is 11.8. The lowest BCUT2D eigenvalue weighted by Gasteiger charge is -2.26. The van der Waals surface area contributed by atoms with Crippen LogP contribution < -0.4 is 4.74 Å². The fourth-order valence-corrected chi connectivity index (χ4v) is 1.82. The normalized spacial score (nSPS) is 17.0. The lowest BCUT2D eigenvalue weighted by Crippen LogP contribution is -2.26. The molecule has 1 aliphatic carbocycles. The van der Waals surface area contributed by atoms with Gasteiger partial charge in [0.05, 0.1) is 0 Å². The van der Waals surface area contributed by atoms with Crippen molar-refractivity contribution in [2.45, 2.75) is 51.6 Å². The molecule has 0 aliphatic heterocycles. The third kappa shape index (κ3) is 2.73. The van der Waals surface area contributed by atoms with Crippen LogP contribution in [0.3, 0.4) is 0 Å². The van der Waals surface area contributed by atoms with Crippen LogP contribution in [0.25, 0.3) is 0 Å². The predicted molar refractivity (Wildman–Crippen MR) is 66.7 cm³/mol. The SMILES string of the molecule is CC(C)(C)c1nc(Br)cc(OC2CCC2)n1. The number of hydrogen-bond donors (Lipinski definition) is 0. The molecule has 0 N–H and O–H groups in total. The van der Waals surface area contributed by atoms with Crippen molar-refractivity contribution in [2.24, 2.45) is 0 Å². The minimum atomic E-state index is -0.0541. The molecular formula is C12H17BrN2O. The van der Waals surface area contributed by atoms with Gasteiger partial charge in [-0.15, -0.1) is 0 Å². The first-order valence-corrected chi connectivity index (χ1v) is 6.46. The molecule has 0 amide bonds. The number of ether oxygens (including phenoxy) is 1. The Bertz CT molecular complexity index is 383. The average Bonchev–Trinajstić information content (AvgIpc) is 2.09. The Labute approximate surface area is 105 Å². The lowest BCUT2D eigenvalue weighted by atomic mass is 9.95. The van der Waals surface area contributed by atoms with Gasteiger partial charge in [0.15, 0.2) is 0 Å². The Hall–Kier alpha value is -0.640. The average molecular weight is 285 g/mol. The van der Waals surface area contributed by atoms with Crippen LogP contribution in [0.2, 0.25) is 0 Å². The van der Waals surface area contributed by atoms with E-state index in [1.807, 2.05) is 6.07 Å². The Balaban J connectivity index is 2.21. The molecule has 88 valence electrons. The van der Waals surface area contributed by atoms with E-state index >= 15 is 0 Å². The van der Waals surface area contributed by atoms with Crippen molar-refractivity contribution in [1.29, 1.82) is 0 Å². The van der Waals surface area contributed by atoms with Crippen molar-refractivity contribution in [3.8, 4) is 5.88 Å². The van der Waals surface area contributed by atoms with E-state index in [0.29, 0.717) is 12.0 Å².